The van der Waals surface area contributed by atoms with Crippen LogP contribution in [0.2, 0.25) is 0 Å². The van der Waals surface area contributed by atoms with Crippen molar-refractivity contribution in [3.8, 4) is 0 Å². The summed E-state index contributed by atoms with van der Waals surface area (Å²) in [6, 6.07) is 0. The van der Waals surface area contributed by atoms with Crippen LogP contribution in [0.1, 0.15) is 310 Å². The van der Waals surface area contributed by atoms with E-state index in [1.807, 2.05) is 0 Å². The Kier molecular flexibility index (Phi) is 53.2. The molecule has 0 saturated carbocycles. The van der Waals surface area contributed by atoms with Crippen molar-refractivity contribution in [1.29, 1.82) is 0 Å². The molecular formula is C60H110O6. The van der Waals surface area contributed by atoms with E-state index in [0.29, 0.717) is 19.3 Å². The second-order valence-corrected chi connectivity index (χ2v) is 19.6. The minimum atomic E-state index is -0.773. The van der Waals surface area contributed by atoms with Gasteiger partial charge in [-0.2, -0.15) is 0 Å². The Morgan fingerprint density at radius 3 is 0.848 bits per heavy atom. The summed E-state index contributed by atoms with van der Waals surface area (Å²) in [5.41, 5.74) is 0. The molecule has 1 atom stereocenters. The van der Waals surface area contributed by atoms with Gasteiger partial charge < -0.3 is 14.2 Å². The quantitative estimate of drug-likeness (QED) is 0.0262. The lowest BCUT2D eigenvalue weighted by atomic mass is 10.0. The third kappa shape index (κ3) is 52.6. The van der Waals surface area contributed by atoms with Gasteiger partial charge in [0.15, 0.2) is 6.10 Å². The summed E-state index contributed by atoms with van der Waals surface area (Å²) >= 11 is 0. The summed E-state index contributed by atoms with van der Waals surface area (Å²) in [4.78, 5) is 38.1. The number of ether oxygens (including phenoxy) is 3. The molecular weight excluding hydrogens is 817 g/mol. The maximum atomic E-state index is 12.8. The van der Waals surface area contributed by atoms with Crippen LogP contribution in [0.5, 0.6) is 0 Å². The Morgan fingerprint density at radius 1 is 0.303 bits per heavy atom. The maximum absolute atomic E-state index is 12.8. The fraction of sp³-hybridized carbons (Fsp3) is 0.850. The molecule has 6 nitrogen and oxygen atoms in total. The first-order chi connectivity index (χ1) is 32.5. The first-order valence-corrected chi connectivity index (χ1v) is 29.0. The molecule has 6 heteroatoms. The summed E-state index contributed by atoms with van der Waals surface area (Å²) in [7, 11) is 0. The van der Waals surface area contributed by atoms with Crippen molar-refractivity contribution in [3.05, 3.63) is 36.5 Å². The van der Waals surface area contributed by atoms with Gasteiger partial charge in [0.25, 0.3) is 0 Å². The molecule has 0 heterocycles. The van der Waals surface area contributed by atoms with Crippen molar-refractivity contribution in [1.82, 2.24) is 0 Å². The van der Waals surface area contributed by atoms with Gasteiger partial charge >= 0.3 is 17.9 Å². The van der Waals surface area contributed by atoms with E-state index in [2.05, 4.69) is 57.2 Å². The van der Waals surface area contributed by atoms with Crippen molar-refractivity contribution in [3.63, 3.8) is 0 Å². The van der Waals surface area contributed by atoms with E-state index in [1.165, 1.54) is 199 Å². The van der Waals surface area contributed by atoms with Gasteiger partial charge in [-0.15, -0.1) is 0 Å². The van der Waals surface area contributed by atoms with Crippen molar-refractivity contribution in [2.45, 2.75) is 316 Å². The Bertz CT molecular complexity index is 1110. The highest BCUT2D eigenvalue weighted by atomic mass is 16.6. The molecule has 0 bridgehead atoms. The van der Waals surface area contributed by atoms with Gasteiger partial charge in [-0.05, 0) is 77.0 Å². The normalized spacial score (nSPS) is 12.2. The average molecular weight is 928 g/mol. The Labute approximate surface area is 410 Å². The van der Waals surface area contributed by atoms with E-state index >= 15 is 0 Å². The maximum Gasteiger partial charge on any atom is 0.306 e. The summed E-state index contributed by atoms with van der Waals surface area (Å²) in [5.74, 6) is -0.869. The van der Waals surface area contributed by atoms with Gasteiger partial charge in [0, 0.05) is 19.3 Å². The summed E-state index contributed by atoms with van der Waals surface area (Å²) in [6.45, 7) is 6.64. The van der Waals surface area contributed by atoms with E-state index in [-0.39, 0.29) is 31.1 Å². The van der Waals surface area contributed by atoms with Crippen LogP contribution in [0, 0.1) is 0 Å². The largest absolute Gasteiger partial charge is 0.462 e. The highest BCUT2D eigenvalue weighted by Gasteiger charge is 2.19. The van der Waals surface area contributed by atoms with Crippen molar-refractivity contribution in [2.24, 2.45) is 0 Å². The number of carbonyl (C=O) groups excluding carboxylic acids is 3. The van der Waals surface area contributed by atoms with Gasteiger partial charge in [0.05, 0.1) is 0 Å². The van der Waals surface area contributed by atoms with Gasteiger partial charge in [0.1, 0.15) is 13.2 Å². The van der Waals surface area contributed by atoms with Gasteiger partial charge in [-0.25, -0.2) is 0 Å². The molecule has 1 unspecified atom stereocenters. The molecule has 386 valence electrons. The minimum absolute atomic E-state index is 0.0725. The lowest BCUT2D eigenvalue weighted by Gasteiger charge is -2.18. The molecule has 0 aromatic heterocycles. The highest BCUT2D eigenvalue weighted by Crippen LogP contribution is 2.16. The number of carbonyl (C=O) groups is 3. The van der Waals surface area contributed by atoms with E-state index in [9.17, 15) is 14.4 Å². The van der Waals surface area contributed by atoms with Gasteiger partial charge in [-0.1, -0.05) is 250 Å². The fourth-order valence-electron chi connectivity index (χ4n) is 8.47. The number of esters is 3. The van der Waals surface area contributed by atoms with E-state index < -0.39 is 6.10 Å². The molecule has 0 rings (SSSR count). The first-order valence-electron chi connectivity index (χ1n) is 29.0. The predicted molar refractivity (Wildman–Crippen MR) is 284 cm³/mol. The second-order valence-electron chi connectivity index (χ2n) is 19.6. The predicted octanol–water partition coefficient (Wildman–Crippen LogP) is 19.3. The molecule has 66 heavy (non-hydrogen) atoms. The standard InChI is InChI=1S/C60H110O6/c1-4-7-10-13-16-19-22-24-26-27-28-29-30-31-32-33-34-36-38-41-44-47-50-53-59(62)65-56-57(55-64-58(61)52-49-46-43-40-37-21-18-15-12-9-6-3)66-60(63)54-51-48-45-42-39-35-25-23-20-17-14-11-8-5-2/h22-25,27-28,57H,4-21,26,29-56H2,1-3H3/b24-22-,25-23-,28-27-. The zero-order chi connectivity index (χ0) is 47.9. The van der Waals surface area contributed by atoms with Crippen molar-refractivity contribution in [2.75, 3.05) is 13.2 Å². The monoisotopic (exact) mass is 927 g/mol. The molecule has 0 aromatic rings. The average Bonchev–Trinajstić information content (AvgIpc) is 3.31. The molecule has 0 spiro atoms. The Balaban J connectivity index is 4.25. The number of rotatable bonds is 53. The molecule has 0 aliphatic carbocycles. The molecule has 0 aliphatic rings. The minimum Gasteiger partial charge on any atom is -0.462 e. The number of hydrogen-bond acceptors (Lipinski definition) is 6. The number of unbranched alkanes of at least 4 members (excludes halogenated alkanes) is 36. The third-order valence-corrected chi connectivity index (χ3v) is 12.9. The van der Waals surface area contributed by atoms with Crippen LogP contribution in [0.25, 0.3) is 0 Å². The molecule has 0 aliphatic heterocycles. The molecule has 0 saturated heterocycles. The molecule has 0 aromatic carbocycles. The van der Waals surface area contributed by atoms with Crippen molar-refractivity contribution < 1.29 is 28.6 Å². The zero-order valence-corrected chi connectivity index (χ0v) is 44.2. The fourth-order valence-corrected chi connectivity index (χ4v) is 8.47. The summed E-state index contributed by atoms with van der Waals surface area (Å²) in [6.07, 6.45) is 65.7. The zero-order valence-electron chi connectivity index (χ0n) is 44.2. The first kappa shape index (κ1) is 63.6. The summed E-state index contributed by atoms with van der Waals surface area (Å²) in [5, 5.41) is 0. The Morgan fingerprint density at radius 2 is 0.545 bits per heavy atom. The van der Waals surface area contributed by atoms with Crippen LogP contribution < -0.4 is 0 Å². The SMILES string of the molecule is CCCCCCC/C=C\C/C=C\CCCCCCCCCCCCCC(=O)OCC(COC(=O)CCCCCCCCCCCCC)OC(=O)CCCCCCC/C=C\CCCCCCC. The molecule has 0 amide bonds. The molecule has 0 fully saturated rings. The van der Waals surface area contributed by atoms with Crippen LogP contribution in [-0.2, 0) is 28.6 Å². The van der Waals surface area contributed by atoms with Gasteiger partial charge in [0.2, 0.25) is 0 Å². The number of allylic oxidation sites excluding steroid dienone is 6. The van der Waals surface area contributed by atoms with Crippen LogP contribution in [0.15, 0.2) is 36.5 Å². The molecule has 0 radical (unpaired) electrons. The van der Waals surface area contributed by atoms with Crippen LogP contribution in [0.4, 0.5) is 0 Å². The third-order valence-electron chi connectivity index (χ3n) is 12.9. The lowest BCUT2D eigenvalue weighted by molar-refractivity contribution is -0.167. The van der Waals surface area contributed by atoms with E-state index in [4.69, 9.17) is 14.2 Å². The highest BCUT2D eigenvalue weighted by molar-refractivity contribution is 5.71. The summed E-state index contributed by atoms with van der Waals surface area (Å²) < 4.78 is 16.8. The van der Waals surface area contributed by atoms with Crippen molar-refractivity contribution >= 4 is 17.9 Å². The van der Waals surface area contributed by atoms with E-state index in [0.717, 1.165) is 70.6 Å². The topological polar surface area (TPSA) is 78.9 Å². The smallest absolute Gasteiger partial charge is 0.306 e. The van der Waals surface area contributed by atoms with Crippen LogP contribution >= 0.6 is 0 Å². The second kappa shape index (κ2) is 55.2. The Hall–Kier alpha value is -2.37. The lowest BCUT2D eigenvalue weighted by Crippen LogP contribution is -2.30. The van der Waals surface area contributed by atoms with Gasteiger partial charge in [-0.3, -0.25) is 14.4 Å². The number of hydrogen-bond donors (Lipinski definition) is 0. The van der Waals surface area contributed by atoms with Crippen LogP contribution in [-0.4, -0.2) is 37.2 Å². The van der Waals surface area contributed by atoms with Crippen LogP contribution in [0.3, 0.4) is 0 Å². The van der Waals surface area contributed by atoms with E-state index in [1.54, 1.807) is 0 Å². The molecule has 0 N–H and O–H groups in total.